The van der Waals surface area contributed by atoms with Crippen molar-refractivity contribution in [2.75, 3.05) is 11.9 Å². The predicted molar refractivity (Wildman–Crippen MR) is 75.6 cm³/mol. The summed E-state index contributed by atoms with van der Waals surface area (Å²) in [5, 5.41) is 3.01. The summed E-state index contributed by atoms with van der Waals surface area (Å²) in [6.45, 7) is 2.77. The molecule has 0 fully saturated rings. The number of aromatic amines is 1. The first kappa shape index (κ1) is 14.5. The van der Waals surface area contributed by atoms with E-state index in [0.29, 0.717) is 18.2 Å². The lowest BCUT2D eigenvalue weighted by Crippen LogP contribution is -2.25. The van der Waals surface area contributed by atoms with Crippen LogP contribution in [0, 0.1) is 0 Å². The summed E-state index contributed by atoms with van der Waals surface area (Å²) >= 11 is 0. The Morgan fingerprint density at radius 2 is 2.15 bits per heavy atom. The fourth-order valence-corrected chi connectivity index (χ4v) is 2.74. The van der Waals surface area contributed by atoms with E-state index in [2.05, 4.69) is 25.0 Å². The van der Waals surface area contributed by atoms with E-state index in [1.807, 2.05) is 6.92 Å². The second-order valence-electron chi connectivity index (χ2n) is 4.14. The van der Waals surface area contributed by atoms with E-state index >= 15 is 0 Å². The first-order valence-electron chi connectivity index (χ1n) is 6.30. The third-order valence-electron chi connectivity index (χ3n) is 2.59. The third kappa shape index (κ3) is 3.55. The van der Waals surface area contributed by atoms with E-state index in [9.17, 15) is 8.42 Å². The molecule has 2 heterocycles. The minimum Gasteiger partial charge on any atom is -0.369 e. The highest BCUT2D eigenvalue weighted by Crippen LogP contribution is 2.17. The van der Waals surface area contributed by atoms with Crippen molar-refractivity contribution < 1.29 is 8.42 Å². The second kappa shape index (κ2) is 6.49. The molecule has 0 aliphatic rings. The van der Waals surface area contributed by atoms with Crippen LogP contribution in [0.1, 0.15) is 19.2 Å². The van der Waals surface area contributed by atoms with Crippen LogP contribution in [0.4, 0.5) is 5.82 Å². The Balaban J connectivity index is 2.16. The quantitative estimate of drug-likeness (QED) is 0.710. The van der Waals surface area contributed by atoms with Gasteiger partial charge in [-0.1, -0.05) is 6.92 Å². The fourth-order valence-electron chi connectivity index (χ4n) is 1.62. The van der Waals surface area contributed by atoms with Gasteiger partial charge in [0.25, 0.3) is 0 Å². The van der Waals surface area contributed by atoms with Crippen LogP contribution in [-0.2, 0) is 16.6 Å². The van der Waals surface area contributed by atoms with Crippen LogP contribution in [0.15, 0.2) is 35.6 Å². The average molecular weight is 295 g/mol. The molecule has 0 spiro atoms. The van der Waals surface area contributed by atoms with Crippen LogP contribution in [0.5, 0.6) is 0 Å². The molecule has 0 bridgehead atoms. The molecule has 108 valence electrons. The van der Waals surface area contributed by atoms with Gasteiger partial charge in [0.05, 0.1) is 6.54 Å². The zero-order chi connectivity index (χ0) is 14.4. The number of anilines is 1. The lowest BCUT2D eigenvalue weighted by molar-refractivity contribution is 0.579. The Labute approximate surface area is 117 Å². The topological polar surface area (TPSA) is 99.8 Å². The molecule has 0 saturated carbocycles. The predicted octanol–water partition coefficient (Wildman–Crippen LogP) is 1.11. The van der Waals surface area contributed by atoms with Gasteiger partial charge in [0.2, 0.25) is 10.0 Å². The average Bonchev–Trinajstić information content (AvgIpc) is 2.97. The number of hydrogen-bond donors (Lipinski definition) is 3. The fraction of sp³-hybridized carbons (Fsp3) is 0.333. The standard InChI is InChI=1S/C12H17N5O2S/c1-2-5-15-12-10(4-3-6-16-12)20(18,19)17-9-11-13-7-8-14-11/h3-4,6-8,17H,2,5,9H2,1H3,(H,13,14)(H,15,16). The molecule has 0 radical (unpaired) electrons. The van der Waals surface area contributed by atoms with Crippen molar-refractivity contribution in [3.8, 4) is 0 Å². The summed E-state index contributed by atoms with van der Waals surface area (Å²) in [7, 11) is -3.63. The zero-order valence-corrected chi connectivity index (χ0v) is 11.9. The van der Waals surface area contributed by atoms with Crippen LogP contribution in [0.25, 0.3) is 0 Å². The highest BCUT2D eigenvalue weighted by molar-refractivity contribution is 7.89. The van der Waals surface area contributed by atoms with Crippen molar-refractivity contribution >= 4 is 15.8 Å². The number of nitrogens with one attached hydrogen (secondary N) is 3. The molecule has 2 aromatic rings. The highest BCUT2D eigenvalue weighted by atomic mass is 32.2. The monoisotopic (exact) mass is 295 g/mol. The molecular weight excluding hydrogens is 278 g/mol. The summed E-state index contributed by atoms with van der Waals surface area (Å²) in [4.78, 5) is 11.0. The lowest BCUT2D eigenvalue weighted by atomic mass is 10.4. The van der Waals surface area contributed by atoms with Gasteiger partial charge in [0.15, 0.2) is 0 Å². The van der Waals surface area contributed by atoms with Gasteiger partial charge in [-0.3, -0.25) is 0 Å². The smallest absolute Gasteiger partial charge is 0.244 e. The number of rotatable bonds is 7. The van der Waals surface area contributed by atoms with Crippen molar-refractivity contribution in [1.82, 2.24) is 19.7 Å². The highest BCUT2D eigenvalue weighted by Gasteiger charge is 2.19. The van der Waals surface area contributed by atoms with Gasteiger partial charge in [-0.15, -0.1) is 0 Å². The Morgan fingerprint density at radius 3 is 2.85 bits per heavy atom. The third-order valence-corrected chi connectivity index (χ3v) is 4.02. The van der Waals surface area contributed by atoms with Crippen LogP contribution in [0.2, 0.25) is 0 Å². The molecule has 20 heavy (non-hydrogen) atoms. The van der Waals surface area contributed by atoms with E-state index < -0.39 is 10.0 Å². The summed E-state index contributed by atoms with van der Waals surface area (Å²) < 4.78 is 27.1. The summed E-state index contributed by atoms with van der Waals surface area (Å²) in [6, 6.07) is 3.12. The van der Waals surface area contributed by atoms with Gasteiger partial charge in [-0.25, -0.2) is 23.1 Å². The molecule has 2 rings (SSSR count). The van der Waals surface area contributed by atoms with Crippen molar-refractivity contribution in [3.63, 3.8) is 0 Å². The van der Waals surface area contributed by atoms with Gasteiger partial charge in [-0.05, 0) is 18.6 Å². The maximum atomic E-state index is 12.3. The van der Waals surface area contributed by atoms with E-state index in [0.717, 1.165) is 6.42 Å². The van der Waals surface area contributed by atoms with E-state index in [1.165, 1.54) is 6.07 Å². The molecule has 0 atom stereocenters. The van der Waals surface area contributed by atoms with E-state index in [4.69, 9.17) is 0 Å². The Morgan fingerprint density at radius 1 is 1.30 bits per heavy atom. The molecule has 3 N–H and O–H groups in total. The SMILES string of the molecule is CCCNc1ncccc1S(=O)(=O)NCc1ncc[nH]1. The molecule has 2 aromatic heterocycles. The summed E-state index contributed by atoms with van der Waals surface area (Å²) in [6.07, 6.45) is 5.66. The molecule has 0 amide bonds. The number of imidazole rings is 1. The summed E-state index contributed by atoms with van der Waals surface area (Å²) in [5.74, 6) is 0.918. The number of sulfonamides is 1. The van der Waals surface area contributed by atoms with Gasteiger partial charge in [-0.2, -0.15) is 0 Å². The number of H-pyrrole nitrogens is 1. The maximum absolute atomic E-state index is 12.3. The van der Waals surface area contributed by atoms with Crippen LogP contribution in [0.3, 0.4) is 0 Å². The Kier molecular flexibility index (Phi) is 4.70. The van der Waals surface area contributed by atoms with Gasteiger partial charge >= 0.3 is 0 Å². The van der Waals surface area contributed by atoms with Crippen molar-refractivity contribution in [1.29, 1.82) is 0 Å². The summed E-state index contributed by atoms with van der Waals surface area (Å²) in [5.41, 5.74) is 0. The molecule has 8 heteroatoms. The van der Waals surface area contributed by atoms with Crippen molar-refractivity contribution in [3.05, 3.63) is 36.5 Å². The first-order chi connectivity index (χ1) is 9.63. The van der Waals surface area contributed by atoms with Crippen molar-refractivity contribution in [2.24, 2.45) is 0 Å². The molecule has 0 saturated heterocycles. The minimum atomic E-state index is -3.63. The number of aromatic nitrogens is 3. The Hall–Kier alpha value is -1.93. The first-order valence-corrected chi connectivity index (χ1v) is 7.78. The molecule has 0 aliphatic heterocycles. The molecule has 0 unspecified atom stereocenters. The number of hydrogen-bond acceptors (Lipinski definition) is 5. The van der Waals surface area contributed by atoms with Crippen LogP contribution in [-0.4, -0.2) is 29.9 Å². The maximum Gasteiger partial charge on any atom is 0.244 e. The van der Waals surface area contributed by atoms with E-state index in [1.54, 1.807) is 24.7 Å². The molecule has 0 aromatic carbocycles. The normalized spacial score (nSPS) is 11.4. The Bertz CT molecular complexity index is 640. The molecule has 0 aliphatic carbocycles. The van der Waals surface area contributed by atoms with Gasteiger partial charge < -0.3 is 10.3 Å². The van der Waals surface area contributed by atoms with E-state index in [-0.39, 0.29) is 11.4 Å². The van der Waals surface area contributed by atoms with Gasteiger partial charge in [0, 0.05) is 25.1 Å². The molecule has 7 nitrogen and oxygen atoms in total. The largest absolute Gasteiger partial charge is 0.369 e. The van der Waals surface area contributed by atoms with Crippen molar-refractivity contribution in [2.45, 2.75) is 24.8 Å². The van der Waals surface area contributed by atoms with Gasteiger partial charge in [0.1, 0.15) is 16.5 Å². The van der Waals surface area contributed by atoms with Crippen LogP contribution < -0.4 is 10.0 Å². The lowest BCUT2D eigenvalue weighted by Gasteiger charge is -2.11. The second-order valence-corrected chi connectivity index (χ2v) is 5.87. The molecular formula is C12H17N5O2S. The minimum absolute atomic E-state index is 0.109. The number of nitrogens with zero attached hydrogens (tertiary/aromatic N) is 2. The van der Waals surface area contributed by atoms with Crippen LogP contribution >= 0.6 is 0 Å². The zero-order valence-electron chi connectivity index (χ0n) is 11.1. The number of pyridine rings is 1.